The zero-order valence-electron chi connectivity index (χ0n) is 27.6. The first-order chi connectivity index (χ1) is 24.7. The molecule has 0 aliphatic carbocycles. The number of nitrogens with zero attached hydrogens (tertiary/aromatic N) is 7. The highest BCUT2D eigenvalue weighted by Crippen LogP contribution is 2.46. The topological polar surface area (TPSA) is 114 Å². The number of fused-ring (bicyclic) bond motifs is 3. The van der Waals surface area contributed by atoms with Crippen LogP contribution in [0.2, 0.25) is 5.02 Å². The van der Waals surface area contributed by atoms with Crippen molar-refractivity contribution in [1.29, 1.82) is 0 Å². The number of alkyl halides is 4. The van der Waals surface area contributed by atoms with E-state index in [2.05, 4.69) is 19.9 Å². The van der Waals surface area contributed by atoms with Crippen LogP contribution in [-0.4, -0.2) is 92.7 Å². The fourth-order valence-electron chi connectivity index (χ4n) is 8.22. The van der Waals surface area contributed by atoms with Gasteiger partial charge in [0.25, 0.3) is 5.91 Å². The molecule has 1 aromatic carbocycles. The van der Waals surface area contributed by atoms with Crippen LogP contribution in [0.1, 0.15) is 35.4 Å². The molecule has 0 saturated carbocycles. The molecule has 4 saturated heterocycles. The second-order valence-electron chi connectivity index (χ2n) is 13.8. The van der Waals surface area contributed by atoms with Crippen LogP contribution in [0.3, 0.4) is 0 Å². The number of anilines is 2. The van der Waals surface area contributed by atoms with Gasteiger partial charge < -0.3 is 20.3 Å². The molecule has 0 spiro atoms. The maximum absolute atomic E-state index is 16.8. The molecule has 4 aliphatic heterocycles. The van der Waals surface area contributed by atoms with E-state index >= 15 is 4.39 Å². The predicted octanol–water partition coefficient (Wildman–Crippen LogP) is 6.46. The third-order valence-corrected chi connectivity index (χ3v) is 11.6. The van der Waals surface area contributed by atoms with Gasteiger partial charge in [-0.2, -0.15) is 23.1 Å². The molecule has 8 rings (SSSR count). The lowest BCUT2D eigenvalue weighted by Crippen LogP contribution is -2.58. The quantitative estimate of drug-likeness (QED) is 0.167. The maximum atomic E-state index is 16.8. The van der Waals surface area contributed by atoms with Crippen molar-refractivity contribution in [2.45, 2.75) is 50.1 Å². The van der Waals surface area contributed by atoms with E-state index in [9.17, 15) is 26.7 Å². The number of pyridine rings is 1. The second-order valence-corrected chi connectivity index (χ2v) is 15.1. The normalized spacial score (nSPS) is 24.8. The molecule has 4 atom stereocenters. The lowest BCUT2D eigenvalue weighted by molar-refractivity contribution is -0.138. The standard InChI is InChI=1S/C34H31ClF6N8O2S/c1-16-7-23(42)44-29(26(16)34(39,40)41)25-20(35)8-19-28(27(25)38)45-32(51-15-33-3-2-5-48(33)13-18(36)10-33)46-30(19)47-11-17-12-49(22(17)14-47)31(50)21(37)9-24-43-4-6-52-24/h4,6-9,17-18,22H,2-3,5,10-15H2,1H3,(H2,42,44)/b21-9-/t17?,18?,22?,33-/m1/s1. The zero-order valence-corrected chi connectivity index (χ0v) is 29.1. The number of rotatable bonds is 7. The van der Waals surface area contributed by atoms with Crippen LogP contribution >= 0.6 is 22.9 Å². The van der Waals surface area contributed by atoms with Crippen molar-refractivity contribution in [1.82, 2.24) is 29.7 Å². The maximum Gasteiger partial charge on any atom is 0.418 e. The molecule has 3 unspecified atom stereocenters. The molecule has 52 heavy (non-hydrogen) atoms. The minimum Gasteiger partial charge on any atom is -0.461 e. The molecular weight excluding hydrogens is 734 g/mol. The first kappa shape index (κ1) is 34.8. The van der Waals surface area contributed by atoms with Gasteiger partial charge >= 0.3 is 12.2 Å². The third kappa shape index (κ3) is 5.90. The molecule has 274 valence electrons. The lowest BCUT2D eigenvalue weighted by Gasteiger charge is -2.42. The van der Waals surface area contributed by atoms with E-state index in [-0.39, 0.29) is 77.7 Å². The van der Waals surface area contributed by atoms with Crippen LogP contribution in [0.4, 0.5) is 38.0 Å². The number of benzene rings is 1. The molecule has 2 N–H and O–H groups in total. The van der Waals surface area contributed by atoms with Crippen molar-refractivity contribution in [2.75, 3.05) is 50.0 Å². The van der Waals surface area contributed by atoms with Crippen LogP contribution in [0.15, 0.2) is 29.5 Å². The Morgan fingerprint density at radius 2 is 2.00 bits per heavy atom. The molecule has 0 radical (unpaired) electrons. The van der Waals surface area contributed by atoms with E-state index in [1.807, 2.05) is 4.90 Å². The predicted molar refractivity (Wildman–Crippen MR) is 183 cm³/mol. The van der Waals surface area contributed by atoms with Gasteiger partial charge in [0.05, 0.1) is 33.4 Å². The summed E-state index contributed by atoms with van der Waals surface area (Å²) in [6.07, 6.45) is -1.62. The highest BCUT2D eigenvalue weighted by Gasteiger charge is 2.51. The van der Waals surface area contributed by atoms with Crippen molar-refractivity contribution in [2.24, 2.45) is 5.92 Å². The number of hydrogen-bond donors (Lipinski definition) is 1. The van der Waals surface area contributed by atoms with Gasteiger partial charge in [-0.3, -0.25) is 9.69 Å². The Labute approximate surface area is 302 Å². The SMILES string of the molecule is Cc1cc(N)nc(-c2c(Cl)cc3c(N4CC5CN(C(=O)/C(F)=C/c6nccs6)C5C4)nc(OC[C@]45CCCN4CC(F)C5)nc3c2F)c1C(F)(F)F. The van der Waals surface area contributed by atoms with Crippen molar-refractivity contribution < 1.29 is 35.9 Å². The summed E-state index contributed by atoms with van der Waals surface area (Å²) in [5.74, 6) is -3.12. The molecule has 0 bridgehead atoms. The Morgan fingerprint density at radius 3 is 2.75 bits per heavy atom. The number of thiazole rings is 1. The smallest absolute Gasteiger partial charge is 0.418 e. The number of likely N-dealkylation sites (tertiary alicyclic amines) is 1. The van der Waals surface area contributed by atoms with Gasteiger partial charge in [-0.25, -0.2) is 23.1 Å². The summed E-state index contributed by atoms with van der Waals surface area (Å²) < 4.78 is 95.4. The molecule has 4 aliphatic rings. The average molecular weight is 765 g/mol. The summed E-state index contributed by atoms with van der Waals surface area (Å²) in [6.45, 7) is 2.95. The summed E-state index contributed by atoms with van der Waals surface area (Å²) in [4.78, 5) is 35.1. The van der Waals surface area contributed by atoms with Crippen LogP contribution in [0.25, 0.3) is 28.2 Å². The van der Waals surface area contributed by atoms with Gasteiger partial charge in [0, 0.05) is 61.6 Å². The minimum atomic E-state index is -4.93. The average Bonchev–Trinajstić information content (AvgIpc) is 3.84. The molecule has 7 heterocycles. The van der Waals surface area contributed by atoms with E-state index in [0.29, 0.717) is 24.5 Å². The van der Waals surface area contributed by atoms with Crippen LogP contribution < -0.4 is 15.4 Å². The van der Waals surface area contributed by atoms with E-state index < -0.39 is 58.3 Å². The Balaban J connectivity index is 1.19. The molecule has 18 heteroatoms. The summed E-state index contributed by atoms with van der Waals surface area (Å²) in [5.41, 5.74) is 1.94. The van der Waals surface area contributed by atoms with Crippen molar-refractivity contribution in [3.63, 3.8) is 0 Å². The first-order valence-corrected chi connectivity index (χ1v) is 17.9. The fraction of sp³-hybridized carbons (Fsp3) is 0.441. The molecule has 3 aromatic heterocycles. The third-order valence-electron chi connectivity index (χ3n) is 10.5. The van der Waals surface area contributed by atoms with Crippen LogP contribution in [-0.2, 0) is 11.0 Å². The Bertz CT molecular complexity index is 2120. The minimum absolute atomic E-state index is 0.00681. The summed E-state index contributed by atoms with van der Waals surface area (Å²) in [5, 5.41) is 1.70. The Kier molecular flexibility index (Phi) is 8.53. The summed E-state index contributed by atoms with van der Waals surface area (Å²) >= 11 is 7.78. The van der Waals surface area contributed by atoms with E-state index in [1.165, 1.54) is 35.4 Å². The van der Waals surface area contributed by atoms with Gasteiger partial charge in [-0.05, 0) is 44.0 Å². The van der Waals surface area contributed by atoms with Crippen LogP contribution in [0, 0.1) is 18.7 Å². The lowest BCUT2D eigenvalue weighted by atomic mass is 9.92. The van der Waals surface area contributed by atoms with Gasteiger partial charge in [-0.15, -0.1) is 11.3 Å². The second kappa shape index (κ2) is 12.7. The molecule has 4 aromatic rings. The van der Waals surface area contributed by atoms with Gasteiger partial charge in [-0.1, -0.05) is 11.6 Å². The molecular formula is C34H31ClF6N8O2S. The number of nitrogen functional groups attached to an aromatic ring is 1. The fourth-order valence-corrected chi connectivity index (χ4v) is 9.06. The van der Waals surface area contributed by atoms with Crippen molar-refractivity contribution in [3.05, 3.63) is 56.5 Å². The van der Waals surface area contributed by atoms with Crippen molar-refractivity contribution >= 4 is 57.5 Å². The zero-order chi connectivity index (χ0) is 36.7. The number of carbonyl (C=O) groups is 1. The van der Waals surface area contributed by atoms with Gasteiger partial charge in [0.1, 0.15) is 34.9 Å². The van der Waals surface area contributed by atoms with Gasteiger partial charge in [0.2, 0.25) is 0 Å². The largest absolute Gasteiger partial charge is 0.461 e. The molecule has 1 amide bonds. The first-order valence-electron chi connectivity index (χ1n) is 16.6. The van der Waals surface area contributed by atoms with E-state index in [4.69, 9.17) is 22.1 Å². The number of hydrogen-bond acceptors (Lipinski definition) is 10. The molecule has 10 nitrogen and oxygen atoms in total. The number of halogens is 7. The van der Waals surface area contributed by atoms with E-state index in [0.717, 1.165) is 18.6 Å². The van der Waals surface area contributed by atoms with Crippen molar-refractivity contribution in [3.8, 4) is 17.3 Å². The number of carbonyl (C=O) groups excluding carboxylic acids is 1. The number of aromatic nitrogens is 4. The van der Waals surface area contributed by atoms with E-state index in [1.54, 1.807) is 10.3 Å². The number of nitrogens with two attached hydrogens (primary N) is 1. The highest BCUT2D eigenvalue weighted by atomic mass is 35.5. The summed E-state index contributed by atoms with van der Waals surface area (Å²) in [7, 11) is 0. The number of ether oxygens (including phenoxy) is 1. The Hall–Kier alpha value is -4.22. The summed E-state index contributed by atoms with van der Waals surface area (Å²) in [6, 6.07) is 1.64. The number of amides is 1. The molecule has 4 fully saturated rings. The Morgan fingerprint density at radius 1 is 1.19 bits per heavy atom. The monoisotopic (exact) mass is 764 g/mol. The van der Waals surface area contributed by atoms with Gasteiger partial charge in [0.15, 0.2) is 11.6 Å². The highest BCUT2D eigenvalue weighted by molar-refractivity contribution is 7.10. The van der Waals surface area contributed by atoms with Crippen LogP contribution in [0.5, 0.6) is 6.01 Å². The number of aryl methyl sites for hydroxylation is 1.